The Kier molecular flexibility index (Phi) is 8.72. The molecular weight excluding hydrogens is 763 g/mol. The van der Waals surface area contributed by atoms with Gasteiger partial charge in [0.05, 0.1) is 28.0 Å². The van der Waals surface area contributed by atoms with Crippen LogP contribution in [-0.2, 0) is 5.41 Å². The number of benzene rings is 9. The first-order valence-electron chi connectivity index (χ1n) is 21.5. The van der Waals surface area contributed by atoms with E-state index in [1.54, 1.807) is 0 Å². The predicted molar refractivity (Wildman–Crippen MR) is 259 cm³/mol. The molecule has 0 aliphatic heterocycles. The lowest BCUT2D eigenvalue weighted by molar-refractivity contribution is 0.769. The van der Waals surface area contributed by atoms with Gasteiger partial charge in [-0.2, -0.15) is 0 Å². The van der Waals surface area contributed by atoms with Crippen LogP contribution in [0.25, 0.3) is 89.1 Å². The molecule has 2 aromatic heterocycles. The van der Waals surface area contributed by atoms with Crippen molar-refractivity contribution in [1.82, 2.24) is 15.0 Å². The molecule has 0 saturated carbocycles. The van der Waals surface area contributed by atoms with Crippen molar-refractivity contribution in [3.05, 3.63) is 259 Å². The average Bonchev–Trinajstić information content (AvgIpc) is 3.66. The molecule has 2 heterocycles. The molecule has 0 spiro atoms. The Bertz CT molecular complexity index is 3430. The maximum Gasteiger partial charge on any atom is 0.160 e. The molecule has 63 heavy (non-hydrogen) atoms. The maximum absolute atomic E-state index is 5.47. The first-order valence-corrected chi connectivity index (χ1v) is 21.5. The van der Waals surface area contributed by atoms with Crippen molar-refractivity contribution in [3.8, 4) is 67.4 Å². The Morgan fingerprint density at radius 3 is 1.54 bits per heavy atom. The van der Waals surface area contributed by atoms with Crippen LogP contribution in [0.1, 0.15) is 22.3 Å². The molecule has 0 amide bonds. The normalized spacial score (nSPS) is 12.6. The molecule has 12 rings (SSSR count). The summed E-state index contributed by atoms with van der Waals surface area (Å²) >= 11 is 0. The molecule has 0 unspecified atom stereocenters. The fourth-order valence-electron chi connectivity index (χ4n) is 9.86. The minimum atomic E-state index is -0.504. The minimum Gasteiger partial charge on any atom is -0.247 e. The summed E-state index contributed by atoms with van der Waals surface area (Å²) in [7, 11) is 0. The molecule has 0 saturated heterocycles. The van der Waals surface area contributed by atoms with E-state index in [9.17, 15) is 0 Å². The number of para-hydroxylation sites is 1. The average molecular weight is 802 g/mol. The molecule has 0 N–H and O–H groups in total. The second-order valence-corrected chi connectivity index (χ2v) is 16.3. The molecule has 9 aromatic carbocycles. The lowest BCUT2D eigenvalue weighted by atomic mass is 9.67. The number of rotatable bonds is 7. The van der Waals surface area contributed by atoms with Crippen LogP contribution < -0.4 is 0 Å². The molecule has 0 bridgehead atoms. The van der Waals surface area contributed by atoms with Gasteiger partial charge in [-0.1, -0.05) is 206 Å². The van der Waals surface area contributed by atoms with Crippen molar-refractivity contribution in [2.75, 3.05) is 0 Å². The van der Waals surface area contributed by atoms with Crippen LogP contribution in [0.4, 0.5) is 0 Å². The minimum absolute atomic E-state index is 0.504. The molecule has 1 aliphatic rings. The van der Waals surface area contributed by atoms with Crippen molar-refractivity contribution in [2.45, 2.75) is 5.41 Å². The Morgan fingerprint density at radius 2 is 0.825 bits per heavy atom. The van der Waals surface area contributed by atoms with Gasteiger partial charge < -0.3 is 0 Å². The summed E-state index contributed by atoms with van der Waals surface area (Å²) in [4.78, 5) is 15.8. The van der Waals surface area contributed by atoms with E-state index in [4.69, 9.17) is 15.0 Å². The van der Waals surface area contributed by atoms with Gasteiger partial charge in [0, 0.05) is 33.0 Å². The first kappa shape index (κ1) is 36.6. The fourth-order valence-corrected chi connectivity index (χ4v) is 9.86. The van der Waals surface area contributed by atoms with Gasteiger partial charge >= 0.3 is 0 Å². The Balaban J connectivity index is 1.06. The third-order valence-corrected chi connectivity index (χ3v) is 12.8. The van der Waals surface area contributed by atoms with Crippen LogP contribution in [-0.4, -0.2) is 15.0 Å². The van der Waals surface area contributed by atoms with Crippen molar-refractivity contribution in [1.29, 1.82) is 0 Å². The SMILES string of the molecule is c1ccc(-c2ccc(-c3cc(-c4cccc(-c5nc6ccccc6c6cc7c(cc56)-c5ccccc5C7(c5ccccc5)c5ccccc5)c4)nc(-c4ccccc4)n3)cc2)cc1. The fraction of sp³-hybridized carbons (Fsp3) is 0.0167. The van der Waals surface area contributed by atoms with Crippen LogP contribution in [0, 0.1) is 0 Å². The molecule has 0 atom stereocenters. The summed E-state index contributed by atoms with van der Waals surface area (Å²) in [6.45, 7) is 0. The summed E-state index contributed by atoms with van der Waals surface area (Å²) in [5.41, 5.74) is 17.0. The summed E-state index contributed by atoms with van der Waals surface area (Å²) in [6, 6.07) is 84.6. The summed E-state index contributed by atoms with van der Waals surface area (Å²) < 4.78 is 0. The van der Waals surface area contributed by atoms with E-state index in [1.807, 2.05) is 24.3 Å². The van der Waals surface area contributed by atoms with Gasteiger partial charge in [0.1, 0.15) is 0 Å². The summed E-state index contributed by atoms with van der Waals surface area (Å²) in [5.74, 6) is 0.685. The van der Waals surface area contributed by atoms with Gasteiger partial charge in [-0.15, -0.1) is 0 Å². The van der Waals surface area contributed by atoms with Gasteiger partial charge in [-0.25, -0.2) is 15.0 Å². The van der Waals surface area contributed by atoms with E-state index in [0.717, 1.165) is 55.6 Å². The van der Waals surface area contributed by atoms with E-state index in [-0.39, 0.29) is 0 Å². The van der Waals surface area contributed by atoms with Crippen LogP contribution in [0.5, 0.6) is 0 Å². The molecule has 3 nitrogen and oxygen atoms in total. The summed E-state index contributed by atoms with van der Waals surface area (Å²) in [6.07, 6.45) is 0. The third kappa shape index (κ3) is 6.08. The highest BCUT2D eigenvalue weighted by Gasteiger charge is 2.46. The first-order chi connectivity index (χ1) is 31.2. The van der Waals surface area contributed by atoms with Crippen molar-refractivity contribution < 1.29 is 0 Å². The quantitative estimate of drug-likeness (QED) is 0.151. The number of hydrogen-bond acceptors (Lipinski definition) is 3. The van der Waals surface area contributed by atoms with Gasteiger partial charge in [0.15, 0.2) is 5.82 Å². The van der Waals surface area contributed by atoms with E-state index in [2.05, 4.69) is 212 Å². The van der Waals surface area contributed by atoms with Gasteiger partial charge in [-0.3, -0.25) is 0 Å². The van der Waals surface area contributed by atoms with Crippen molar-refractivity contribution in [3.63, 3.8) is 0 Å². The van der Waals surface area contributed by atoms with Crippen molar-refractivity contribution >= 4 is 21.7 Å². The lowest BCUT2D eigenvalue weighted by Crippen LogP contribution is -2.28. The number of hydrogen-bond donors (Lipinski definition) is 0. The van der Waals surface area contributed by atoms with Gasteiger partial charge in [-0.05, 0) is 80.2 Å². The smallest absolute Gasteiger partial charge is 0.160 e. The van der Waals surface area contributed by atoms with Crippen LogP contribution in [0.2, 0.25) is 0 Å². The number of aromatic nitrogens is 3. The van der Waals surface area contributed by atoms with Crippen LogP contribution in [0.15, 0.2) is 237 Å². The largest absolute Gasteiger partial charge is 0.247 e. The van der Waals surface area contributed by atoms with Crippen LogP contribution in [0.3, 0.4) is 0 Å². The Morgan fingerprint density at radius 1 is 0.286 bits per heavy atom. The maximum atomic E-state index is 5.47. The Labute approximate surface area is 366 Å². The Hall–Kier alpha value is -8.27. The van der Waals surface area contributed by atoms with E-state index >= 15 is 0 Å². The van der Waals surface area contributed by atoms with Gasteiger partial charge in [0.2, 0.25) is 0 Å². The molecule has 1 aliphatic carbocycles. The molecule has 3 heteroatoms. The molecule has 294 valence electrons. The highest BCUT2D eigenvalue weighted by molar-refractivity contribution is 6.13. The number of pyridine rings is 1. The van der Waals surface area contributed by atoms with E-state index < -0.39 is 5.41 Å². The zero-order valence-corrected chi connectivity index (χ0v) is 34.4. The van der Waals surface area contributed by atoms with Crippen molar-refractivity contribution in [2.24, 2.45) is 0 Å². The zero-order chi connectivity index (χ0) is 41.7. The lowest BCUT2D eigenvalue weighted by Gasteiger charge is -2.34. The number of nitrogens with zero attached hydrogens (tertiary/aromatic N) is 3. The van der Waals surface area contributed by atoms with Crippen LogP contribution >= 0.6 is 0 Å². The monoisotopic (exact) mass is 801 g/mol. The second-order valence-electron chi connectivity index (χ2n) is 16.3. The molecule has 0 fully saturated rings. The van der Waals surface area contributed by atoms with E-state index in [1.165, 1.54) is 49.9 Å². The van der Waals surface area contributed by atoms with E-state index in [0.29, 0.717) is 5.82 Å². The predicted octanol–water partition coefficient (Wildman–Crippen LogP) is 14.9. The molecule has 11 aromatic rings. The number of fused-ring (bicyclic) bond motifs is 6. The standard InChI is InChI=1S/C60H39N3/c1-5-18-40(19-6-1)41-32-34-42(35-33-41)56-39-57(63-59(62-56)43-20-7-2-8-21-43)44-22-17-23-45(36-44)58-52-37-51-48-28-13-15-30-53(48)60(46-24-9-3-10-25-46,47-26-11-4-12-27-47)54(51)38-50(52)49-29-14-16-31-55(49)61-58/h1-39H. The van der Waals surface area contributed by atoms with Gasteiger partial charge in [0.25, 0.3) is 0 Å². The highest BCUT2D eigenvalue weighted by Crippen LogP contribution is 2.57. The molecular formula is C60H39N3. The second kappa shape index (κ2) is 15.0. The molecule has 0 radical (unpaired) electrons. The topological polar surface area (TPSA) is 38.7 Å². The highest BCUT2D eigenvalue weighted by atomic mass is 14.9. The third-order valence-electron chi connectivity index (χ3n) is 12.8. The summed E-state index contributed by atoms with van der Waals surface area (Å²) in [5, 5.41) is 3.43. The zero-order valence-electron chi connectivity index (χ0n) is 34.4.